The maximum absolute atomic E-state index is 11.1. The van der Waals surface area contributed by atoms with Crippen LogP contribution in [-0.2, 0) is 16.4 Å². The highest BCUT2D eigenvalue weighted by molar-refractivity contribution is 7.89. The van der Waals surface area contributed by atoms with Gasteiger partial charge in [-0.05, 0) is 30.7 Å². The molecule has 14 heavy (non-hydrogen) atoms. The molecular formula is C8H11ClN2O2S. The van der Waals surface area contributed by atoms with Crippen LogP contribution in [0.4, 0.5) is 0 Å². The van der Waals surface area contributed by atoms with Gasteiger partial charge in [0.2, 0.25) is 10.0 Å². The third-order valence-corrected chi connectivity index (χ3v) is 3.13. The predicted octanol–water partition coefficient (Wildman–Crippen LogP) is 0.489. The maximum atomic E-state index is 11.1. The van der Waals surface area contributed by atoms with Gasteiger partial charge in [-0.1, -0.05) is 17.7 Å². The first kappa shape index (κ1) is 11.5. The molecule has 0 saturated carbocycles. The maximum Gasteiger partial charge on any atom is 0.239 e. The molecule has 6 heteroatoms. The fourth-order valence-electron chi connectivity index (χ4n) is 1.09. The first-order valence-electron chi connectivity index (χ1n) is 3.96. The molecule has 0 atom stereocenters. The van der Waals surface area contributed by atoms with Gasteiger partial charge in [0.25, 0.3) is 0 Å². The van der Waals surface area contributed by atoms with Crippen LogP contribution in [0.3, 0.4) is 0 Å². The second-order valence-electron chi connectivity index (χ2n) is 2.85. The summed E-state index contributed by atoms with van der Waals surface area (Å²) >= 11 is 5.69. The summed E-state index contributed by atoms with van der Waals surface area (Å²) in [6, 6.07) is 4.68. The van der Waals surface area contributed by atoms with E-state index in [1.54, 1.807) is 6.07 Å². The highest BCUT2D eigenvalue weighted by Gasteiger charge is 2.12. The largest absolute Gasteiger partial charge is 0.330 e. The van der Waals surface area contributed by atoms with E-state index in [0.717, 1.165) is 5.56 Å². The molecule has 0 fully saturated rings. The Morgan fingerprint density at radius 2 is 2.00 bits per heavy atom. The van der Waals surface area contributed by atoms with Crippen LogP contribution < -0.4 is 10.9 Å². The first-order valence-corrected chi connectivity index (χ1v) is 5.89. The SMILES string of the molecule is NCCc1ccc(Cl)c(S(N)(=O)=O)c1. The minimum absolute atomic E-state index is 0.0508. The third kappa shape index (κ3) is 2.68. The molecule has 0 aliphatic heterocycles. The summed E-state index contributed by atoms with van der Waals surface area (Å²) in [5.74, 6) is 0. The Morgan fingerprint density at radius 3 is 2.50 bits per heavy atom. The highest BCUT2D eigenvalue weighted by atomic mass is 35.5. The lowest BCUT2D eigenvalue weighted by molar-refractivity contribution is 0.597. The van der Waals surface area contributed by atoms with Gasteiger partial charge in [0.15, 0.2) is 0 Å². The highest BCUT2D eigenvalue weighted by Crippen LogP contribution is 2.21. The third-order valence-electron chi connectivity index (χ3n) is 1.74. The average molecular weight is 235 g/mol. The second-order valence-corrected chi connectivity index (χ2v) is 4.79. The molecule has 4 nitrogen and oxygen atoms in total. The van der Waals surface area contributed by atoms with Crippen molar-refractivity contribution in [2.75, 3.05) is 6.54 Å². The number of nitrogens with two attached hydrogens (primary N) is 2. The average Bonchev–Trinajstić information content (AvgIpc) is 2.07. The molecule has 0 unspecified atom stereocenters. The van der Waals surface area contributed by atoms with Crippen LogP contribution in [0.1, 0.15) is 5.56 Å². The number of benzene rings is 1. The van der Waals surface area contributed by atoms with Gasteiger partial charge in [0, 0.05) is 0 Å². The molecule has 1 rings (SSSR count). The minimum atomic E-state index is -3.75. The van der Waals surface area contributed by atoms with Crippen molar-refractivity contribution in [3.8, 4) is 0 Å². The minimum Gasteiger partial charge on any atom is -0.330 e. The Balaban J connectivity index is 3.22. The molecular weight excluding hydrogens is 224 g/mol. The zero-order chi connectivity index (χ0) is 10.8. The molecule has 78 valence electrons. The number of halogens is 1. The van der Waals surface area contributed by atoms with Crippen molar-refractivity contribution in [3.63, 3.8) is 0 Å². The first-order chi connectivity index (χ1) is 6.45. The van der Waals surface area contributed by atoms with E-state index in [1.165, 1.54) is 12.1 Å². The van der Waals surface area contributed by atoms with Gasteiger partial charge in [-0.15, -0.1) is 0 Å². The summed E-state index contributed by atoms with van der Waals surface area (Å²) in [6.45, 7) is 0.450. The van der Waals surface area contributed by atoms with Gasteiger partial charge in [-0.3, -0.25) is 0 Å². The van der Waals surface area contributed by atoms with Gasteiger partial charge >= 0.3 is 0 Å². The van der Waals surface area contributed by atoms with E-state index in [1.807, 2.05) is 0 Å². The van der Waals surface area contributed by atoms with Crippen molar-refractivity contribution in [1.29, 1.82) is 0 Å². The number of primary sulfonamides is 1. The van der Waals surface area contributed by atoms with Crippen molar-refractivity contribution in [2.24, 2.45) is 10.9 Å². The van der Waals surface area contributed by atoms with E-state index in [-0.39, 0.29) is 9.92 Å². The molecule has 1 aromatic carbocycles. The molecule has 0 aromatic heterocycles. The van der Waals surface area contributed by atoms with Crippen molar-refractivity contribution >= 4 is 21.6 Å². The molecule has 0 spiro atoms. The van der Waals surface area contributed by atoms with Crippen LogP contribution in [0.5, 0.6) is 0 Å². The van der Waals surface area contributed by atoms with Crippen LogP contribution in [0, 0.1) is 0 Å². The Bertz CT molecular complexity index is 431. The topological polar surface area (TPSA) is 86.2 Å². The molecule has 1 aromatic rings. The van der Waals surface area contributed by atoms with E-state index in [4.69, 9.17) is 22.5 Å². The van der Waals surface area contributed by atoms with Gasteiger partial charge < -0.3 is 5.73 Å². The summed E-state index contributed by atoms with van der Waals surface area (Å²) in [5.41, 5.74) is 6.15. The van der Waals surface area contributed by atoms with E-state index in [0.29, 0.717) is 13.0 Å². The second kappa shape index (κ2) is 4.27. The summed E-state index contributed by atoms with van der Waals surface area (Å²) in [7, 11) is -3.75. The van der Waals surface area contributed by atoms with Crippen LogP contribution in [0.25, 0.3) is 0 Å². The zero-order valence-electron chi connectivity index (χ0n) is 7.40. The summed E-state index contributed by atoms with van der Waals surface area (Å²) < 4.78 is 22.1. The lowest BCUT2D eigenvalue weighted by atomic mass is 10.1. The van der Waals surface area contributed by atoms with E-state index in [9.17, 15) is 8.42 Å². The smallest absolute Gasteiger partial charge is 0.239 e. The van der Waals surface area contributed by atoms with Crippen LogP contribution in [-0.4, -0.2) is 15.0 Å². The zero-order valence-corrected chi connectivity index (χ0v) is 8.98. The molecule has 0 aliphatic rings. The normalized spacial score (nSPS) is 11.6. The van der Waals surface area contributed by atoms with Gasteiger partial charge in [-0.2, -0.15) is 0 Å². The number of hydrogen-bond acceptors (Lipinski definition) is 3. The molecule has 0 bridgehead atoms. The van der Waals surface area contributed by atoms with E-state index >= 15 is 0 Å². The molecule has 0 heterocycles. The summed E-state index contributed by atoms with van der Waals surface area (Å²) in [5, 5.41) is 5.11. The van der Waals surface area contributed by atoms with Crippen LogP contribution >= 0.6 is 11.6 Å². The molecule has 0 radical (unpaired) electrons. The van der Waals surface area contributed by atoms with Gasteiger partial charge in [0.05, 0.1) is 5.02 Å². The number of sulfonamides is 1. The van der Waals surface area contributed by atoms with Crippen LogP contribution in [0.2, 0.25) is 5.02 Å². The Morgan fingerprint density at radius 1 is 1.36 bits per heavy atom. The Hall–Kier alpha value is -0.620. The van der Waals surface area contributed by atoms with Crippen molar-refractivity contribution in [1.82, 2.24) is 0 Å². The fourth-order valence-corrected chi connectivity index (χ4v) is 2.18. The Labute approximate surface area is 87.9 Å². The monoisotopic (exact) mass is 234 g/mol. The quantitative estimate of drug-likeness (QED) is 0.798. The molecule has 4 N–H and O–H groups in total. The lowest BCUT2D eigenvalue weighted by Gasteiger charge is -2.04. The molecule has 0 amide bonds. The predicted molar refractivity (Wildman–Crippen MR) is 55.6 cm³/mol. The van der Waals surface area contributed by atoms with E-state index < -0.39 is 10.0 Å². The molecule has 0 aliphatic carbocycles. The van der Waals surface area contributed by atoms with Crippen molar-refractivity contribution in [2.45, 2.75) is 11.3 Å². The number of rotatable bonds is 3. The van der Waals surface area contributed by atoms with Gasteiger partial charge in [0.1, 0.15) is 4.90 Å². The van der Waals surface area contributed by atoms with Gasteiger partial charge in [-0.25, -0.2) is 13.6 Å². The lowest BCUT2D eigenvalue weighted by Crippen LogP contribution is -2.13. The Kier molecular flexibility index (Phi) is 3.49. The van der Waals surface area contributed by atoms with Crippen LogP contribution in [0.15, 0.2) is 23.1 Å². The van der Waals surface area contributed by atoms with Crippen molar-refractivity contribution in [3.05, 3.63) is 28.8 Å². The fraction of sp³-hybridized carbons (Fsp3) is 0.250. The van der Waals surface area contributed by atoms with E-state index in [2.05, 4.69) is 0 Å². The molecule has 0 saturated heterocycles. The summed E-state index contributed by atoms with van der Waals surface area (Å²) in [6.07, 6.45) is 0.597. The standard InChI is InChI=1S/C8H11ClN2O2S/c9-7-2-1-6(3-4-10)5-8(7)14(11,12)13/h1-2,5H,3-4,10H2,(H2,11,12,13). The summed E-state index contributed by atoms with van der Waals surface area (Å²) in [4.78, 5) is -0.0508. The number of hydrogen-bond donors (Lipinski definition) is 2. The van der Waals surface area contributed by atoms with Crippen molar-refractivity contribution < 1.29 is 8.42 Å².